The van der Waals surface area contributed by atoms with Crippen LogP contribution in [0.15, 0.2) is 0 Å². The summed E-state index contributed by atoms with van der Waals surface area (Å²) < 4.78 is 0. The van der Waals surface area contributed by atoms with Crippen molar-refractivity contribution in [1.29, 1.82) is 0 Å². The molecule has 1 radical (unpaired) electrons. The van der Waals surface area contributed by atoms with E-state index in [4.69, 9.17) is 9.78 Å². The Morgan fingerprint density at radius 1 is 0.923 bits per heavy atom. The van der Waals surface area contributed by atoms with E-state index in [1.54, 1.807) is 0 Å². The molecule has 0 aromatic heterocycles. The van der Waals surface area contributed by atoms with Gasteiger partial charge in [-0.1, -0.05) is 39.0 Å². The highest BCUT2D eigenvalue weighted by atomic mass is 17.2. The molecule has 0 saturated heterocycles. The van der Waals surface area contributed by atoms with E-state index in [1.807, 2.05) is 13.8 Å². The van der Waals surface area contributed by atoms with Gasteiger partial charge in [0.25, 0.3) is 0 Å². The molecule has 13 heavy (non-hydrogen) atoms. The smallest absolute Gasteiger partial charge is 0.129 e. The van der Waals surface area contributed by atoms with Gasteiger partial charge in [0, 0.05) is 0 Å². The largest absolute Gasteiger partial charge is 0.236 e. The third kappa shape index (κ3) is 11.9. The van der Waals surface area contributed by atoms with Crippen molar-refractivity contribution < 1.29 is 9.78 Å². The summed E-state index contributed by atoms with van der Waals surface area (Å²) >= 11 is 0. The van der Waals surface area contributed by atoms with Crippen LogP contribution in [0.25, 0.3) is 0 Å². The van der Waals surface area contributed by atoms with Crippen LogP contribution in [0, 0.1) is 6.10 Å². The van der Waals surface area contributed by atoms with Crippen molar-refractivity contribution in [3.05, 3.63) is 6.10 Å². The van der Waals surface area contributed by atoms with Gasteiger partial charge in [-0.05, 0) is 20.3 Å². The zero-order chi connectivity index (χ0) is 9.94. The van der Waals surface area contributed by atoms with Crippen molar-refractivity contribution in [2.45, 2.75) is 59.3 Å². The lowest BCUT2D eigenvalue weighted by molar-refractivity contribution is -0.284. The summed E-state index contributed by atoms with van der Waals surface area (Å²) in [4.78, 5) is 9.85. The lowest BCUT2D eigenvalue weighted by Crippen LogP contribution is -1.98. The van der Waals surface area contributed by atoms with Gasteiger partial charge in [-0.15, -0.1) is 0 Å². The molecular formula is C11H23O2. The predicted octanol–water partition coefficient (Wildman–Crippen LogP) is 3.87. The van der Waals surface area contributed by atoms with E-state index in [0.717, 1.165) is 19.1 Å². The van der Waals surface area contributed by atoms with Crippen LogP contribution in [-0.4, -0.2) is 6.61 Å². The first kappa shape index (κ1) is 12.9. The molecular weight excluding hydrogens is 164 g/mol. The zero-order valence-electron chi connectivity index (χ0n) is 9.27. The molecule has 0 heterocycles. The third-order valence-electron chi connectivity index (χ3n) is 1.81. The zero-order valence-corrected chi connectivity index (χ0v) is 9.27. The first-order chi connectivity index (χ1) is 6.27. The Labute approximate surface area is 82.5 Å². The molecule has 0 rings (SSSR count). The number of rotatable bonds is 9. The maximum atomic E-state index is 4.96. The van der Waals surface area contributed by atoms with Crippen LogP contribution in [0.3, 0.4) is 0 Å². The highest BCUT2D eigenvalue weighted by molar-refractivity contribution is 4.55. The van der Waals surface area contributed by atoms with Crippen molar-refractivity contribution in [3.63, 3.8) is 0 Å². The van der Waals surface area contributed by atoms with Crippen LogP contribution in [-0.2, 0) is 9.78 Å². The Morgan fingerprint density at radius 3 is 2.15 bits per heavy atom. The van der Waals surface area contributed by atoms with Gasteiger partial charge >= 0.3 is 0 Å². The fourth-order valence-electron chi connectivity index (χ4n) is 1.10. The Morgan fingerprint density at radius 2 is 1.54 bits per heavy atom. The summed E-state index contributed by atoms with van der Waals surface area (Å²) in [6.07, 6.45) is 8.58. The minimum atomic E-state index is 0.720. The van der Waals surface area contributed by atoms with Crippen molar-refractivity contribution >= 4 is 0 Å². The van der Waals surface area contributed by atoms with Crippen LogP contribution >= 0.6 is 0 Å². The molecule has 0 saturated carbocycles. The first-order valence-corrected chi connectivity index (χ1v) is 5.37. The molecule has 0 spiro atoms. The minimum Gasteiger partial charge on any atom is -0.236 e. The van der Waals surface area contributed by atoms with Gasteiger partial charge in [0.05, 0.1) is 6.61 Å². The van der Waals surface area contributed by atoms with Crippen LogP contribution in [0.4, 0.5) is 0 Å². The summed E-state index contributed by atoms with van der Waals surface area (Å²) in [5, 5.41) is 0. The van der Waals surface area contributed by atoms with Crippen LogP contribution in [0.1, 0.15) is 59.3 Å². The minimum absolute atomic E-state index is 0.720. The van der Waals surface area contributed by atoms with Gasteiger partial charge in [0.15, 0.2) is 0 Å². The molecule has 2 heteroatoms. The van der Waals surface area contributed by atoms with Gasteiger partial charge in [-0.2, -0.15) is 0 Å². The third-order valence-corrected chi connectivity index (χ3v) is 1.81. The summed E-state index contributed by atoms with van der Waals surface area (Å²) in [7, 11) is 0. The lowest BCUT2D eigenvalue weighted by Gasteiger charge is -2.05. The molecule has 0 aliphatic carbocycles. The van der Waals surface area contributed by atoms with Crippen molar-refractivity contribution in [1.82, 2.24) is 0 Å². The quantitative estimate of drug-likeness (QED) is 0.310. The standard InChI is InChI=1S/C11H23O2/c1-4-5-6-7-8-9-10-12-13-11(2)3/h4-10H2,1-3H3. The van der Waals surface area contributed by atoms with Gasteiger partial charge in [-0.25, -0.2) is 9.78 Å². The highest BCUT2D eigenvalue weighted by Gasteiger charge is 1.95. The van der Waals surface area contributed by atoms with Crippen molar-refractivity contribution in [2.75, 3.05) is 6.61 Å². The molecule has 0 aliphatic rings. The van der Waals surface area contributed by atoms with E-state index in [2.05, 4.69) is 6.92 Å². The monoisotopic (exact) mass is 187 g/mol. The normalized spacial score (nSPS) is 11.1. The van der Waals surface area contributed by atoms with Crippen molar-refractivity contribution in [2.24, 2.45) is 0 Å². The molecule has 0 N–H and O–H groups in total. The van der Waals surface area contributed by atoms with Gasteiger partial charge in [0.1, 0.15) is 6.10 Å². The Kier molecular flexibility index (Phi) is 9.94. The summed E-state index contributed by atoms with van der Waals surface area (Å²) in [6.45, 7) is 6.73. The number of unbranched alkanes of at least 4 members (excludes halogenated alkanes) is 5. The number of hydrogen-bond donors (Lipinski definition) is 0. The Hall–Kier alpha value is -0.0800. The summed E-state index contributed by atoms with van der Waals surface area (Å²) in [6, 6.07) is 0. The van der Waals surface area contributed by atoms with Gasteiger partial charge in [0.2, 0.25) is 0 Å². The van der Waals surface area contributed by atoms with Crippen LogP contribution in [0.5, 0.6) is 0 Å². The molecule has 79 valence electrons. The molecule has 0 bridgehead atoms. The van der Waals surface area contributed by atoms with E-state index in [9.17, 15) is 0 Å². The van der Waals surface area contributed by atoms with E-state index < -0.39 is 0 Å². The van der Waals surface area contributed by atoms with E-state index in [0.29, 0.717) is 0 Å². The van der Waals surface area contributed by atoms with E-state index >= 15 is 0 Å². The van der Waals surface area contributed by atoms with Crippen LogP contribution < -0.4 is 0 Å². The average Bonchev–Trinajstić information content (AvgIpc) is 2.09. The Bertz CT molecular complexity index is 92.1. The van der Waals surface area contributed by atoms with Crippen molar-refractivity contribution in [3.8, 4) is 0 Å². The van der Waals surface area contributed by atoms with Crippen LogP contribution in [0.2, 0.25) is 0 Å². The molecule has 0 unspecified atom stereocenters. The topological polar surface area (TPSA) is 18.5 Å². The molecule has 0 aromatic carbocycles. The van der Waals surface area contributed by atoms with Gasteiger partial charge in [-0.3, -0.25) is 0 Å². The average molecular weight is 187 g/mol. The molecule has 0 fully saturated rings. The molecule has 0 amide bonds. The second-order valence-electron chi connectivity index (χ2n) is 3.58. The SMILES string of the molecule is CCCCCCCCOO[C](C)C. The second kappa shape index (κ2) is 10.0. The lowest BCUT2D eigenvalue weighted by atomic mass is 10.1. The highest BCUT2D eigenvalue weighted by Crippen LogP contribution is 2.06. The molecule has 0 aliphatic heterocycles. The maximum Gasteiger partial charge on any atom is 0.129 e. The van der Waals surface area contributed by atoms with Gasteiger partial charge < -0.3 is 0 Å². The van der Waals surface area contributed by atoms with E-state index in [1.165, 1.54) is 32.1 Å². The summed E-state index contributed by atoms with van der Waals surface area (Å²) in [5.74, 6) is 0. The Balaban J connectivity index is 2.84. The summed E-state index contributed by atoms with van der Waals surface area (Å²) in [5.41, 5.74) is 0. The fourth-order valence-corrected chi connectivity index (χ4v) is 1.10. The predicted molar refractivity (Wildman–Crippen MR) is 55.0 cm³/mol. The fraction of sp³-hybridized carbons (Fsp3) is 0.909. The number of hydrogen-bond acceptors (Lipinski definition) is 2. The maximum absolute atomic E-state index is 4.96. The molecule has 0 aromatic rings. The second-order valence-corrected chi connectivity index (χ2v) is 3.58. The van der Waals surface area contributed by atoms with E-state index in [-0.39, 0.29) is 0 Å². The first-order valence-electron chi connectivity index (χ1n) is 5.37. The molecule has 2 nitrogen and oxygen atoms in total. The molecule has 0 atom stereocenters.